The summed E-state index contributed by atoms with van der Waals surface area (Å²) in [5.41, 5.74) is 1.58. The number of likely N-dealkylation sites (tertiary alicyclic amines) is 1. The van der Waals surface area contributed by atoms with Gasteiger partial charge in [0.15, 0.2) is 0 Å². The van der Waals surface area contributed by atoms with Crippen molar-refractivity contribution in [1.82, 2.24) is 9.88 Å². The summed E-state index contributed by atoms with van der Waals surface area (Å²) in [6.45, 7) is 4.13. The van der Waals surface area contributed by atoms with Crippen LogP contribution in [0.25, 0.3) is 0 Å². The van der Waals surface area contributed by atoms with E-state index in [1.807, 2.05) is 24.0 Å². The van der Waals surface area contributed by atoms with Gasteiger partial charge in [0.2, 0.25) is 0 Å². The number of nitrogens with zero attached hydrogens (tertiary/aromatic N) is 2. The number of aromatic nitrogens is 1. The van der Waals surface area contributed by atoms with Crippen molar-refractivity contribution in [3.63, 3.8) is 0 Å². The van der Waals surface area contributed by atoms with Gasteiger partial charge in [0, 0.05) is 32.5 Å². The van der Waals surface area contributed by atoms with Crippen LogP contribution in [0.5, 0.6) is 0 Å². The number of hydrogen-bond acceptors (Lipinski definition) is 5. The zero-order valence-corrected chi connectivity index (χ0v) is 14.5. The third-order valence-corrected chi connectivity index (χ3v) is 5.48. The van der Waals surface area contributed by atoms with Crippen molar-refractivity contribution in [2.45, 2.75) is 38.6 Å². The molecule has 6 nitrogen and oxygen atoms in total. The standard InChI is InChI=1S/C18H27N3O3/c1-13-3-4-15(16(19-2)20-13)17(23)21-12-18(6-5-14(21)11-22)7-9-24-10-8-18/h3-4,14,22H,5-12H2,1-2H3,(H,19,20). The minimum absolute atomic E-state index is 0.00645. The first kappa shape index (κ1) is 17.2. The van der Waals surface area contributed by atoms with Crippen LogP contribution < -0.4 is 5.32 Å². The smallest absolute Gasteiger partial charge is 0.257 e. The second-order valence-corrected chi connectivity index (χ2v) is 7.02. The van der Waals surface area contributed by atoms with Gasteiger partial charge in [-0.2, -0.15) is 0 Å². The molecule has 0 radical (unpaired) electrons. The number of amides is 1. The quantitative estimate of drug-likeness (QED) is 0.883. The molecule has 1 amide bonds. The molecule has 1 unspecified atom stereocenters. The Bertz CT molecular complexity index is 599. The average molecular weight is 333 g/mol. The number of aliphatic hydroxyl groups is 1. The minimum Gasteiger partial charge on any atom is -0.394 e. The average Bonchev–Trinajstić information content (AvgIpc) is 2.61. The van der Waals surface area contributed by atoms with Gasteiger partial charge in [0.05, 0.1) is 18.2 Å². The molecule has 1 spiro atoms. The number of rotatable bonds is 3. The first-order chi connectivity index (χ1) is 11.6. The number of pyridine rings is 1. The molecular weight excluding hydrogens is 306 g/mol. The molecule has 3 rings (SSSR count). The van der Waals surface area contributed by atoms with E-state index in [1.54, 1.807) is 7.05 Å². The molecule has 0 bridgehead atoms. The van der Waals surface area contributed by atoms with Gasteiger partial charge in [-0.3, -0.25) is 4.79 Å². The van der Waals surface area contributed by atoms with Gasteiger partial charge in [-0.25, -0.2) is 4.98 Å². The van der Waals surface area contributed by atoms with E-state index in [9.17, 15) is 9.90 Å². The van der Waals surface area contributed by atoms with Gasteiger partial charge >= 0.3 is 0 Å². The summed E-state index contributed by atoms with van der Waals surface area (Å²) >= 11 is 0. The number of piperidine rings is 1. The predicted molar refractivity (Wildman–Crippen MR) is 92.2 cm³/mol. The number of aliphatic hydroxyl groups excluding tert-OH is 1. The molecule has 0 aromatic carbocycles. The highest BCUT2D eigenvalue weighted by atomic mass is 16.5. The molecule has 3 heterocycles. The topological polar surface area (TPSA) is 74.7 Å². The highest BCUT2D eigenvalue weighted by Crippen LogP contribution is 2.41. The largest absolute Gasteiger partial charge is 0.394 e. The second kappa shape index (κ2) is 7.07. The Labute approximate surface area is 143 Å². The number of anilines is 1. The molecule has 1 atom stereocenters. The van der Waals surface area contributed by atoms with Gasteiger partial charge < -0.3 is 20.1 Å². The lowest BCUT2D eigenvalue weighted by molar-refractivity contribution is -0.0435. The normalized spacial score (nSPS) is 23.3. The Morgan fingerprint density at radius 3 is 2.83 bits per heavy atom. The molecule has 24 heavy (non-hydrogen) atoms. The maximum absolute atomic E-state index is 13.2. The van der Waals surface area contributed by atoms with E-state index in [4.69, 9.17) is 4.74 Å². The highest BCUT2D eigenvalue weighted by Gasteiger charge is 2.42. The van der Waals surface area contributed by atoms with E-state index < -0.39 is 0 Å². The van der Waals surface area contributed by atoms with Crippen molar-refractivity contribution in [2.75, 3.05) is 38.7 Å². The number of ether oxygens (including phenoxy) is 1. The monoisotopic (exact) mass is 333 g/mol. The fraction of sp³-hybridized carbons (Fsp3) is 0.667. The van der Waals surface area contributed by atoms with Gasteiger partial charge in [0.1, 0.15) is 5.82 Å². The Morgan fingerprint density at radius 2 is 2.17 bits per heavy atom. The van der Waals surface area contributed by atoms with Crippen LogP contribution >= 0.6 is 0 Å². The summed E-state index contributed by atoms with van der Waals surface area (Å²) in [5.74, 6) is 0.555. The number of nitrogens with one attached hydrogen (secondary N) is 1. The van der Waals surface area contributed by atoms with Crippen LogP contribution in [0.1, 0.15) is 41.7 Å². The van der Waals surface area contributed by atoms with Crippen molar-refractivity contribution in [3.8, 4) is 0 Å². The summed E-state index contributed by atoms with van der Waals surface area (Å²) < 4.78 is 5.51. The molecule has 2 aliphatic rings. The Hall–Kier alpha value is -1.66. The summed E-state index contributed by atoms with van der Waals surface area (Å²) in [6, 6.07) is 3.57. The van der Waals surface area contributed by atoms with E-state index in [1.165, 1.54) is 0 Å². The van der Waals surface area contributed by atoms with Crippen molar-refractivity contribution in [3.05, 3.63) is 23.4 Å². The molecule has 2 aliphatic heterocycles. The lowest BCUT2D eigenvalue weighted by Crippen LogP contribution is -2.54. The van der Waals surface area contributed by atoms with E-state index in [2.05, 4.69) is 10.3 Å². The van der Waals surface area contributed by atoms with Crippen LogP contribution in [-0.2, 0) is 4.74 Å². The van der Waals surface area contributed by atoms with Crippen molar-refractivity contribution < 1.29 is 14.6 Å². The lowest BCUT2D eigenvalue weighted by atomic mass is 9.72. The molecule has 6 heteroatoms. The first-order valence-electron chi connectivity index (χ1n) is 8.73. The Balaban J connectivity index is 1.87. The Morgan fingerprint density at radius 1 is 1.42 bits per heavy atom. The number of aryl methyl sites for hydroxylation is 1. The third-order valence-electron chi connectivity index (χ3n) is 5.48. The zero-order valence-electron chi connectivity index (χ0n) is 14.5. The first-order valence-corrected chi connectivity index (χ1v) is 8.73. The van der Waals surface area contributed by atoms with E-state index in [0.717, 1.165) is 44.6 Å². The molecule has 132 valence electrons. The molecule has 2 saturated heterocycles. The minimum atomic E-state index is -0.114. The van der Waals surface area contributed by atoms with Crippen LogP contribution in [0.4, 0.5) is 5.82 Å². The maximum atomic E-state index is 13.2. The van der Waals surface area contributed by atoms with Gasteiger partial charge in [-0.15, -0.1) is 0 Å². The summed E-state index contributed by atoms with van der Waals surface area (Å²) in [7, 11) is 1.78. The van der Waals surface area contributed by atoms with Crippen molar-refractivity contribution in [2.24, 2.45) is 5.41 Å². The number of carbonyl (C=O) groups excluding carboxylic acids is 1. The van der Waals surface area contributed by atoms with Crippen LogP contribution in [0.15, 0.2) is 12.1 Å². The molecule has 0 saturated carbocycles. The molecule has 0 aliphatic carbocycles. The highest BCUT2D eigenvalue weighted by molar-refractivity contribution is 5.99. The summed E-state index contributed by atoms with van der Waals surface area (Å²) in [5, 5.41) is 12.8. The van der Waals surface area contributed by atoms with Crippen LogP contribution in [-0.4, -0.2) is 60.4 Å². The van der Waals surface area contributed by atoms with E-state index in [-0.39, 0.29) is 24.0 Å². The van der Waals surface area contributed by atoms with Crippen LogP contribution in [0, 0.1) is 12.3 Å². The molecular formula is C18H27N3O3. The lowest BCUT2D eigenvalue weighted by Gasteiger charge is -2.48. The van der Waals surface area contributed by atoms with Gasteiger partial charge in [-0.05, 0) is 50.2 Å². The maximum Gasteiger partial charge on any atom is 0.257 e. The number of hydrogen-bond donors (Lipinski definition) is 2. The fourth-order valence-electron chi connectivity index (χ4n) is 3.91. The summed E-state index contributed by atoms with van der Waals surface area (Å²) in [6.07, 6.45) is 3.87. The predicted octanol–water partition coefficient (Wildman–Crippen LogP) is 1.83. The van der Waals surface area contributed by atoms with Gasteiger partial charge in [-0.1, -0.05) is 0 Å². The van der Waals surface area contributed by atoms with E-state index >= 15 is 0 Å². The van der Waals surface area contributed by atoms with Gasteiger partial charge in [0.25, 0.3) is 5.91 Å². The summed E-state index contributed by atoms with van der Waals surface area (Å²) in [4.78, 5) is 19.5. The molecule has 2 N–H and O–H groups in total. The fourth-order valence-corrected chi connectivity index (χ4v) is 3.91. The number of carbonyl (C=O) groups is 1. The SMILES string of the molecule is CNc1nc(C)ccc1C(=O)N1CC2(CCOCC2)CCC1CO. The Kier molecular flexibility index (Phi) is 5.06. The van der Waals surface area contributed by atoms with Crippen LogP contribution in [0.3, 0.4) is 0 Å². The zero-order chi connectivity index (χ0) is 17.2. The second-order valence-electron chi connectivity index (χ2n) is 7.02. The molecule has 2 fully saturated rings. The molecule has 1 aromatic heterocycles. The van der Waals surface area contributed by atoms with Crippen molar-refractivity contribution >= 4 is 11.7 Å². The van der Waals surface area contributed by atoms with E-state index in [0.29, 0.717) is 17.9 Å². The molecule has 1 aromatic rings. The third kappa shape index (κ3) is 3.26. The van der Waals surface area contributed by atoms with Crippen molar-refractivity contribution in [1.29, 1.82) is 0 Å². The van der Waals surface area contributed by atoms with Crippen LogP contribution in [0.2, 0.25) is 0 Å².